The van der Waals surface area contributed by atoms with Crippen molar-refractivity contribution in [3.05, 3.63) is 35.4 Å². The lowest BCUT2D eigenvalue weighted by atomic mass is 9.94. The quantitative estimate of drug-likeness (QED) is 0.404. The Labute approximate surface area is 154 Å². The van der Waals surface area contributed by atoms with Crippen LogP contribution in [0, 0.1) is 5.92 Å². The van der Waals surface area contributed by atoms with Gasteiger partial charge in [0.1, 0.15) is 0 Å². The van der Waals surface area contributed by atoms with E-state index in [4.69, 9.17) is 26.2 Å². The third-order valence-electron chi connectivity index (χ3n) is 4.91. The molecular formula is C19H31NO6. The van der Waals surface area contributed by atoms with E-state index in [9.17, 15) is 9.90 Å². The molecule has 0 aliphatic heterocycles. The van der Waals surface area contributed by atoms with Gasteiger partial charge in [0.15, 0.2) is 0 Å². The minimum atomic E-state index is -1.21. The smallest absolute Gasteiger partial charge is 0.310 e. The highest BCUT2D eigenvalue weighted by Crippen LogP contribution is 2.29. The summed E-state index contributed by atoms with van der Waals surface area (Å²) >= 11 is 0. The maximum absolute atomic E-state index is 10.9. The van der Waals surface area contributed by atoms with Crippen LogP contribution < -0.4 is 5.73 Å². The van der Waals surface area contributed by atoms with Crippen molar-refractivity contribution in [1.29, 1.82) is 0 Å². The molecule has 0 radical (unpaired) electrons. The van der Waals surface area contributed by atoms with E-state index in [2.05, 4.69) is 0 Å². The van der Waals surface area contributed by atoms with Gasteiger partial charge in [-0.15, -0.1) is 0 Å². The van der Waals surface area contributed by atoms with Crippen LogP contribution in [0.3, 0.4) is 0 Å². The van der Waals surface area contributed by atoms with Crippen molar-refractivity contribution in [3.63, 3.8) is 0 Å². The Bertz CT molecular complexity index is 535. The van der Waals surface area contributed by atoms with Crippen LogP contribution in [0.5, 0.6) is 0 Å². The molecule has 1 aliphatic rings. The first-order chi connectivity index (χ1) is 12.3. The van der Waals surface area contributed by atoms with E-state index < -0.39 is 37.2 Å². The molecule has 7 nitrogen and oxygen atoms in total. The summed E-state index contributed by atoms with van der Waals surface area (Å²) in [5.41, 5.74) is 5.95. The summed E-state index contributed by atoms with van der Waals surface area (Å²) < 4.78 is 0. The third kappa shape index (κ3) is 6.66. The van der Waals surface area contributed by atoms with Crippen molar-refractivity contribution in [2.75, 3.05) is 19.8 Å². The summed E-state index contributed by atoms with van der Waals surface area (Å²) in [7, 11) is 0. The van der Waals surface area contributed by atoms with Gasteiger partial charge in [0.05, 0.1) is 37.4 Å². The van der Waals surface area contributed by atoms with Gasteiger partial charge in [-0.25, -0.2) is 0 Å². The Morgan fingerprint density at radius 2 is 1.69 bits per heavy atom. The molecular weight excluding hydrogens is 338 g/mol. The van der Waals surface area contributed by atoms with E-state index in [-0.39, 0.29) is 6.10 Å². The summed E-state index contributed by atoms with van der Waals surface area (Å²) in [5.74, 6) is -0.891. The average Bonchev–Trinajstić information content (AvgIpc) is 3.06. The van der Waals surface area contributed by atoms with Crippen LogP contribution in [-0.4, -0.2) is 63.0 Å². The molecule has 1 aromatic rings. The molecule has 0 saturated heterocycles. The summed E-state index contributed by atoms with van der Waals surface area (Å²) in [5, 5.41) is 43.7. The molecule has 7 heteroatoms. The van der Waals surface area contributed by atoms with Crippen molar-refractivity contribution in [1.82, 2.24) is 0 Å². The minimum Gasteiger partial charge on any atom is -0.481 e. The van der Waals surface area contributed by atoms with Gasteiger partial charge in [-0.05, 0) is 43.2 Å². The first-order valence-electron chi connectivity index (χ1n) is 8.87. The van der Waals surface area contributed by atoms with Crippen LogP contribution in [0.15, 0.2) is 24.3 Å². The van der Waals surface area contributed by atoms with E-state index in [0.717, 1.165) is 31.2 Å². The lowest BCUT2D eigenvalue weighted by molar-refractivity contribution is -0.138. The zero-order valence-corrected chi connectivity index (χ0v) is 15.2. The summed E-state index contributed by atoms with van der Waals surface area (Å²) in [6.45, 7) is 0.484. The third-order valence-corrected chi connectivity index (χ3v) is 4.91. The summed E-state index contributed by atoms with van der Waals surface area (Å²) in [6.07, 6.45) is 3.85. The van der Waals surface area contributed by atoms with E-state index in [1.54, 1.807) is 6.92 Å². The molecule has 1 fully saturated rings. The fraction of sp³-hybridized carbons (Fsp3) is 0.632. The highest BCUT2D eigenvalue weighted by Gasteiger charge is 2.25. The molecule has 1 aromatic carbocycles. The number of hydrogen-bond acceptors (Lipinski definition) is 6. The second kappa shape index (κ2) is 10.6. The molecule has 0 aromatic heterocycles. The number of benzene rings is 1. The number of carboxylic acids is 1. The largest absolute Gasteiger partial charge is 0.481 e. The van der Waals surface area contributed by atoms with Gasteiger partial charge in [0.2, 0.25) is 0 Å². The molecule has 7 N–H and O–H groups in total. The van der Waals surface area contributed by atoms with Gasteiger partial charge < -0.3 is 31.3 Å². The lowest BCUT2D eigenvalue weighted by Crippen LogP contribution is -2.50. The molecule has 1 saturated carbocycles. The van der Waals surface area contributed by atoms with Crippen LogP contribution in [0.4, 0.5) is 0 Å². The SMILES string of the molecule is C[C@H](C(=O)O)c1ccc(C[C@H]2CCC[C@@H]2O)cc1.NC(CO)(CO)CO. The molecule has 26 heavy (non-hydrogen) atoms. The Morgan fingerprint density at radius 3 is 2.04 bits per heavy atom. The highest BCUT2D eigenvalue weighted by molar-refractivity contribution is 5.75. The van der Waals surface area contributed by atoms with Crippen molar-refractivity contribution < 1.29 is 30.3 Å². The Kier molecular flexibility index (Phi) is 9.18. The molecule has 1 aliphatic carbocycles. The standard InChI is InChI=1S/C15H20O3.C4H11NO3/c1-10(15(17)18)12-7-5-11(6-8-12)9-13-3-2-4-14(13)16;5-4(1-6,2-7)3-8/h5-8,10,13-14,16H,2-4,9H2,1H3,(H,17,18);6-8H,1-3,5H2/t10-,13+,14-;/m0./s1. The van der Waals surface area contributed by atoms with Crippen LogP contribution >= 0.6 is 0 Å². The van der Waals surface area contributed by atoms with Crippen molar-refractivity contribution in [2.24, 2.45) is 11.7 Å². The number of aliphatic carboxylic acids is 1. The van der Waals surface area contributed by atoms with E-state index >= 15 is 0 Å². The molecule has 0 spiro atoms. The molecule has 2 rings (SSSR count). The van der Waals surface area contributed by atoms with Gasteiger partial charge in [-0.2, -0.15) is 0 Å². The normalized spacial score (nSPS) is 21.0. The Hall–Kier alpha value is -1.51. The van der Waals surface area contributed by atoms with Gasteiger partial charge >= 0.3 is 5.97 Å². The highest BCUT2D eigenvalue weighted by atomic mass is 16.4. The number of aliphatic hydroxyl groups is 4. The van der Waals surface area contributed by atoms with Crippen LogP contribution in [0.25, 0.3) is 0 Å². The van der Waals surface area contributed by atoms with E-state index in [1.807, 2.05) is 24.3 Å². The molecule has 0 unspecified atom stereocenters. The van der Waals surface area contributed by atoms with Crippen LogP contribution in [-0.2, 0) is 11.2 Å². The first kappa shape index (κ1) is 22.5. The maximum Gasteiger partial charge on any atom is 0.310 e. The molecule has 0 bridgehead atoms. The fourth-order valence-electron chi connectivity index (χ4n) is 2.79. The predicted octanol–water partition coefficient (Wildman–Crippen LogP) is 0.239. The molecule has 148 valence electrons. The van der Waals surface area contributed by atoms with E-state index in [0.29, 0.717) is 5.92 Å². The number of carboxylic acid groups (broad SMARTS) is 1. The Morgan fingerprint density at radius 1 is 1.15 bits per heavy atom. The van der Waals surface area contributed by atoms with Crippen molar-refractivity contribution >= 4 is 5.97 Å². The first-order valence-corrected chi connectivity index (χ1v) is 8.87. The fourth-order valence-corrected chi connectivity index (χ4v) is 2.79. The molecule has 0 heterocycles. The Balaban J connectivity index is 0.000000359. The van der Waals surface area contributed by atoms with E-state index in [1.165, 1.54) is 5.56 Å². The number of rotatable bonds is 7. The van der Waals surface area contributed by atoms with Gasteiger partial charge in [-0.3, -0.25) is 4.79 Å². The topological polar surface area (TPSA) is 144 Å². The van der Waals surface area contributed by atoms with Crippen LogP contribution in [0.2, 0.25) is 0 Å². The average molecular weight is 369 g/mol. The van der Waals surface area contributed by atoms with Gasteiger partial charge in [0.25, 0.3) is 0 Å². The zero-order valence-electron chi connectivity index (χ0n) is 15.2. The summed E-state index contributed by atoms with van der Waals surface area (Å²) in [4.78, 5) is 10.9. The predicted molar refractivity (Wildman–Crippen MR) is 97.7 cm³/mol. The van der Waals surface area contributed by atoms with Gasteiger partial charge in [-0.1, -0.05) is 30.7 Å². The number of carbonyl (C=O) groups is 1. The lowest BCUT2D eigenvalue weighted by Gasteiger charge is -2.20. The number of aliphatic hydroxyl groups excluding tert-OH is 4. The van der Waals surface area contributed by atoms with Crippen LogP contribution in [0.1, 0.15) is 43.2 Å². The summed E-state index contributed by atoms with van der Waals surface area (Å²) in [6, 6.07) is 7.74. The monoisotopic (exact) mass is 369 g/mol. The minimum absolute atomic E-state index is 0.164. The van der Waals surface area contributed by atoms with Crippen molar-refractivity contribution in [2.45, 2.75) is 50.2 Å². The number of hydrogen-bond donors (Lipinski definition) is 6. The second-order valence-corrected chi connectivity index (χ2v) is 7.10. The number of nitrogens with two attached hydrogens (primary N) is 1. The van der Waals surface area contributed by atoms with Gasteiger partial charge in [0, 0.05) is 0 Å². The second-order valence-electron chi connectivity index (χ2n) is 7.10. The molecule has 3 atom stereocenters. The zero-order chi connectivity index (χ0) is 19.7. The maximum atomic E-state index is 10.9. The van der Waals surface area contributed by atoms with Crippen molar-refractivity contribution in [3.8, 4) is 0 Å². The molecule has 0 amide bonds.